The van der Waals surface area contributed by atoms with Gasteiger partial charge >= 0.3 is 13.8 Å². The molecule has 1 rings (SSSR count). The Kier molecular flexibility index (Phi) is 6.58. The highest BCUT2D eigenvalue weighted by atomic mass is 31.2. The molecule has 8 heteroatoms. The van der Waals surface area contributed by atoms with Gasteiger partial charge in [0, 0.05) is 5.57 Å². The molecule has 0 radical (unpaired) electrons. The molecule has 0 aliphatic carbocycles. The molecule has 0 spiro atoms. The smallest absolute Gasteiger partial charge is 0.470 e. The summed E-state index contributed by atoms with van der Waals surface area (Å²) in [6.07, 6.45) is -1.10. The predicted molar refractivity (Wildman–Crippen MR) is 74.6 cm³/mol. The van der Waals surface area contributed by atoms with Crippen LogP contribution >= 0.6 is 7.82 Å². The Morgan fingerprint density at radius 1 is 1.29 bits per heavy atom. The zero-order chi connectivity index (χ0) is 15.9. The third kappa shape index (κ3) is 7.63. The molecule has 0 saturated carbocycles. The van der Waals surface area contributed by atoms with Crippen LogP contribution in [0.25, 0.3) is 0 Å². The summed E-state index contributed by atoms with van der Waals surface area (Å²) in [6, 6.07) is 8.64. The maximum atomic E-state index is 11.3. The Morgan fingerprint density at radius 2 is 1.90 bits per heavy atom. The molecule has 2 N–H and O–H groups in total. The standard InChI is InChI=1S/C13H17O7P/c1-10(2)13(14)19-9-12(20-21(15,16)17)8-18-11-6-4-3-5-7-11/h3-7,12H,1,8-9H2,2H3,(H2,15,16,17). The van der Waals surface area contributed by atoms with Crippen LogP contribution in [-0.2, 0) is 18.6 Å². The second kappa shape index (κ2) is 7.95. The summed E-state index contributed by atoms with van der Waals surface area (Å²) in [5.74, 6) is -0.169. The Labute approximate surface area is 122 Å². The Bertz CT molecular complexity index is 523. The van der Waals surface area contributed by atoms with E-state index in [1.807, 2.05) is 0 Å². The molecule has 0 saturated heterocycles. The van der Waals surface area contributed by atoms with Crippen LogP contribution in [0.15, 0.2) is 42.5 Å². The van der Waals surface area contributed by atoms with Crippen molar-refractivity contribution < 1.29 is 33.1 Å². The molecule has 1 aromatic carbocycles. The van der Waals surface area contributed by atoms with Gasteiger partial charge in [-0.05, 0) is 19.1 Å². The van der Waals surface area contributed by atoms with Crippen molar-refractivity contribution in [3.63, 3.8) is 0 Å². The highest BCUT2D eigenvalue weighted by molar-refractivity contribution is 7.46. The van der Waals surface area contributed by atoms with Crippen LogP contribution in [0.2, 0.25) is 0 Å². The first-order chi connectivity index (χ1) is 9.78. The summed E-state index contributed by atoms with van der Waals surface area (Å²) in [5, 5.41) is 0. The predicted octanol–water partition coefficient (Wildman–Crippen LogP) is 1.66. The molecule has 21 heavy (non-hydrogen) atoms. The van der Waals surface area contributed by atoms with Gasteiger partial charge in [-0.25, -0.2) is 9.36 Å². The van der Waals surface area contributed by atoms with Crippen molar-refractivity contribution in [1.82, 2.24) is 0 Å². The molecule has 0 aliphatic rings. The number of para-hydroxylation sites is 1. The number of carbonyl (C=O) groups is 1. The van der Waals surface area contributed by atoms with Gasteiger partial charge in [-0.3, -0.25) is 4.52 Å². The van der Waals surface area contributed by atoms with Crippen LogP contribution in [0.1, 0.15) is 6.92 Å². The van der Waals surface area contributed by atoms with Crippen molar-refractivity contribution in [3.8, 4) is 5.75 Å². The molecule has 0 fully saturated rings. The SMILES string of the molecule is C=C(C)C(=O)OCC(COc1ccccc1)OP(=O)(O)O. The van der Waals surface area contributed by atoms with E-state index in [0.717, 1.165) is 0 Å². The Morgan fingerprint density at radius 3 is 2.43 bits per heavy atom. The van der Waals surface area contributed by atoms with Crippen LogP contribution in [-0.4, -0.2) is 35.1 Å². The number of esters is 1. The molecule has 1 aromatic rings. The van der Waals surface area contributed by atoms with Gasteiger partial charge in [0.05, 0.1) is 0 Å². The second-order valence-electron chi connectivity index (χ2n) is 4.22. The van der Waals surface area contributed by atoms with E-state index in [1.165, 1.54) is 6.92 Å². The van der Waals surface area contributed by atoms with Gasteiger partial charge in [-0.1, -0.05) is 24.8 Å². The third-order valence-electron chi connectivity index (χ3n) is 2.21. The lowest BCUT2D eigenvalue weighted by atomic mass is 10.3. The van der Waals surface area contributed by atoms with Crippen molar-refractivity contribution >= 4 is 13.8 Å². The molecule has 0 amide bonds. The van der Waals surface area contributed by atoms with E-state index in [2.05, 4.69) is 11.1 Å². The van der Waals surface area contributed by atoms with Crippen LogP contribution in [0.4, 0.5) is 0 Å². The fraction of sp³-hybridized carbons (Fsp3) is 0.308. The molecule has 116 valence electrons. The van der Waals surface area contributed by atoms with Crippen LogP contribution in [0, 0.1) is 0 Å². The summed E-state index contributed by atoms with van der Waals surface area (Å²) in [6.45, 7) is 4.32. The van der Waals surface area contributed by atoms with E-state index in [4.69, 9.17) is 19.3 Å². The molecule has 7 nitrogen and oxygen atoms in total. The molecule has 0 bridgehead atoms. The number of carbonyl (C=O) groups excluding carboxylic acids is 1. The van der Waals surface area contributed by atoms with Crippen molar-refractivity contribution in [2.45, 2.75) is 13.0 Å². The molecule has 1 unspecified atom stereocenters. The molecule has 0 aliphatic heterocycles. The Balaban J connectivity index is 2.58. The number of rotatable bonds is 8. The lowest BCUT2D eigenvalue weighted by Crippen LogP contribution is -2.28. The van der Waals surface area contributed by atoms with Crippen LogP contribution in [0.3, 0.4) is 0 Å². The zero-order valence-corrected chi connectivity index (χ0v) is 12.4. The van der Waals surface area contributed by atoms with Gasteiger partial charge in [0.15, 0.2) is 0 Å². The third-order valence-corrected chi connectivity index (χ3v) is 2.79. The maximum Gasteiger partial charge on any atom is 0.470 e. The van der Waals surface area contributed by atoms with E-state index in [-0.39, 0.29) is 18.8 Å². The summed E-state index contributed by atoms with van der Waals surface area (Å²) in [5.41, 5.74) is 0.175. The highest BCUT2D eigenvalue weighted by Gasteiger charge is 2.24. The number of phosphoric ester groups is 1. The van der Waals surface area contributed by atoms with E-state index in [9.17, 15) is 9.36 Å². The van der Waals surface area contributed by atoms with Crippen molar-refractivity contribution in [2.75, 3.05) is 13.2 Å². The molecular weight excluding hydrogens is 299 g/mol. The fourth-order valence-electron chi connectivity index (χ4n) is 1.30. The first kappa shape index (κ1) is 17.4. The van der Waals surface area contributed by atoms with Crippen LogP contribution < -0.4 is 4.74 Å². The van der Waals surface area contributed by atoms with Gasteiger partial charge in [0.25, 0.3) is 0 Å². The van der Waals surface area contributed by atoms with Crippen molar-refractivity contribution in [1.29, 1.82) is 0 Å². The summed E-state index contributed by atoms with van der Waals surface area (Å²) in [4.78, 5) is 28.9. The van der Waals surface area contributed by atoms with Gasteiger partial charge in [0.1, 0.15) is 25.1 Å². The topological polar surface area (TPSA) is 102 Å². The maximum absolute atomic E-state index is 11.3. The molecule has 0 heterocycles. The summed E-state index contributed by atoms with van der Waals surface area (Å²) < 4.78 is 25.6. The second-order valence-corrected chi connectivity index (χ2v) is 5.41. The number of hydrogen-bond acceptors (Lipinski definition) is 5. The van der Waals surface area contributed by atoms with Gasteiger partial charge in [0.2, 0.25) is 0 Å². The lowest BCUT2D eigenvalue weighted by molar-refractivity contribution is -0.142. The number of hydrogen-bond donors (Lipinski definition) is 2. The summed E-state index contributed by atoms with van der Waals surface area (Å²) in [7, 11) is -4.72. The number of benzene rings is 1. The summed E-state index contributed by atoms with van der Waals surface area (Å²) >= 11 is 0. The van der Waals surface area contributed by atoms with E-state index in [1.54, 1.807) is 30.3 Å². The van der Waals surface area contributed by atoms with Gasteiger partial charge < -0.3 is 19.3 Å². The van der Waals surface area contributed by atoms with Gasteiger partial charge in [-0.2, -0.15) is 0 Å². The average Bonchev–Trinajstić information content (AvgIpc) is 2.41. The molecular formula is C13H17O7P. The highest BCUT2D eigenvalue weighted by Crippen LogP contribution is 2.37. The normalized spacial score (nSPS) is 12.5. The fourth-order valence-corrected chi connectivity index (χ4v) is 1.81. The average molecular weight is 316 g/mol. The van der Waals surface area contributed by atoms with E-state index in [0.29, 0.717) is 5.75 Å². The first-order valence-corrected chi connectivity index (χ1v) is 7.55. The van der Waals surface area contributed by atoms with Crippen molar-refractivity contribution in [2.24, 2.45) is 0 Å². The van der Waals surface area contributed by atoms with E-state index >= 15 is 0 Å². The number of ether oxygens (including phenoxy) is 2. The van der Waals surface area contributed by atoms with Crippen LogP contribution in [0.5, 0.6) is 5.75 Å². The minimum Gasteiger partial charge on any atom is -0.491 e. The van der Waals surface area contributed by atoms with Crippen molar-refractivity contribution in [3.05, 3.63) is 42.5 Å². The lowest BCUT2D eigenvalue weighted by Gasteiger charge is -2.18. The monoisotopic (exact) mass is 316 g/mol. The largest absolute Gasteiger partial charge is 0.491 e. The quantitative estimate of drug-likeness (QED) is 0.427. The molecule has 1 atom stereocenters. The van der Waals surface area contributed by atoms with Gasteiger partial charge in [-0.15, -0.1) is 0 Å². The zero-order valence-electron chi connectivity index (χ0n) is 11.5. The first-order valence-electron chi connectivity index (χ1n) is 6.02. The van der Waals surface area contributed by atoms with E-state index < -0.39 is 19.9 Å². The minimum atomic E-state index is -4.72. The minimum absolute atomic E-state index is 0.175. The number of phosphoric acid groups is 1. The molecule has 0 aromatic heterocycles. The Hall–Kier alpha value is -1.66.